The van der Waals surface area contributed by atoms with Gasteiger partial charge in [-0.2, -0.15) is 5.26 Å². The monoisotopic (exact) mass is 176 g/mol. The van der Waals surface area contributed by atoms with E-state index in [4.69, 9.17) is 5.26 Å². The Morgan fingerprint density at radius 3 is 3.08 bits per heavy atom. The normalized spacial score (nSPS) is 15.3. The summed E-state index contributed by atoms with van der Waals surface area (Å²) in [5.74, 6) is 0.535. The van der Waals surface area contributed by atoms with Crippen molar-refractivity contribution in [3.8, 4) is 6.07 Å². The highest BCUT2D eigenvalue weighted by Crippen LogP contribution is 2.30. The molecule has 5 heteroatoms. The number of nitriles is 1. The fourth-order valence-electron chi connectivity index (χ4n) is 1.12. The zero-order valence-electron chi connectivity index (χ0n) is 6.97. The summed E-state index contributed by atoms with van der Waals surface area (Å²) in [4.78, 5) is 15.0. The van der Waals surface area contributed by atoms with E-state index < -0.39 is 0 Å². The number of aromatic nitrogens is 3. The Bertz CT molecular complexity index is 372. The molecule has 1 heterocycles. The summed E-state index contributed by atoms with van der Waals surface area (Å²) in [6, 6.07) is 1.81. The third kappa shape index (κ3) is 1.72. The molecule has 0 aromatic carbocycles. The molecule has 0 atom stereocenters. The molecule has 2 rings (SSSR count). The van der Waals surface area contributed by atoms with Crippen LogP contribution in [0.4, 0.5) is 0 Å². The van der Waals surface area contributed by atoms with Crippen LogP contribution < -0.4 is 0 Å². The van der Waals surface area contributed by atoms with Gasteiger partial charge in [-0.05, 0) is 12.8 Å². The number of rotatable bonds is 3. The van der Waals surface area contributed by atoms with Gasteiger partial charge in [0.25, 0.3) is 5.82 Å². The minimum absolute atomic E-state index is 0.114. The van der Waals surface area contributed by atoms with Crippen LogP contribution in [0.5, 0.6) is 0 Å². The summed E-state index contributed by atoms with van der Waals surface area (Å²) >= 11 is 0. The van der Waals surface area contributed by atoms with Crippen molar-refractivity contribution in [2.24, 2.45) is 5.92 Å². The van der Waals surface area contributed by atoms with E-state index in [1.165, 1.54) is 11.0 Å². The Morgan fingerprint density at radius 1 is 1.77 bits per heavy atom. The lowest BCUT2D eigenvalue weighted by Gasteiger charge is -1.96. The van der Waals surface area contributed by atoms with Crippen LogP contribution in [0.3, 0.4) is 0 Å². The Labute approximate surface area is 75.0 Å². The van der Waals surface area contributed by atoms with Crippen molar-refractivity contribution < 1.29 is 4.79 Å². The molecule has 0 unspecified atom stereocenters. The number of carbonyl (C=O) groups excluding carboxylic acids is 1. The van der Waals surface area contributed by atoms with E-state index in [9.17, 15) is 4.79 Å². The van der Waals surface area contributed by atoms with Crippen molar-refractivity contribution in [3.63, 3.8) is 0 Å². The first-order valence-electron chi connectivity index (χ1n) is 4.12. The number of ketones is 1. The second kappa shape index (κ2) is 2.98. The third-order valence-corrected chi connectivity index (χ3v) is 1.99. The largest absolute Gasteiger partial charge is 0.297 e. The number of hydrogen-bond donors (Lipinski definition) is 0. The van der Waals surface area contributed by atoms with E-state index in [2.05, 4.69) is 10.1 Å². The molecule has 0 N–H and O–H groups in total. The van der Waals surface area contributed by atoms with Gasteiger partial charge < -0.3 is 0 Å². The predicted octanol–water partition coefficient (Wildman–Crippen LogP) is 0.129. The molecular weight excluding hydrogens is 168 g/mol. The van der Waals surface area contributed by atoms with E-state index in [1.54, 1.807) is 0 Å². The molecule has 0 bridgehead atoms. The fraction of sp³-hybridized carbons (Fsp3) is 0.500. The van der Waals surface area contributed by atoms with Crippen LogP contribution in [0.1, 0.15) is 18.7 Å². The second-order valence-corrected chi connectivity index (χ2v) is 3.12. The maximum atomic E-state index is 11.3. The quantitative estimate of drug-likeness (QED) is 0.656. The van der Waals surface area contributed by atoms with Gasteiger partial charge in [0.05, 0.1) is 0 Å². The summed E-state index contributed by atoms with van der Waals surface area (Å²) in [5.41, 5.74) is 0. The van der Waals surface area contributed by atoms with Crippen molar-refractivity contribution >= 4 is 5.78 Å². The van der Waals surface area contributed by atoms with E-state index in [-0.39, 0.29) is 24.1 Å². The van der Waals surface area contributed by atoms with Crippen molar-refractivity contribution in [3.05, 3.63) is 12.2 Å². The van der Waals surface area contributed by atoms with Crippen molar-refractivity contribution in [1.82, 2.24) is 14.8 Å². The molecule has 0 saturated heterocycles. The van der Waals surface area contributed by atoms with Crippen LogP contribution in [-0.4, -0.2) is 20.5 Å². The van der Waals surface area contributed by atoms with Crippen molar-refractivity contribution in [2.45, 2.75) is 19.4 Å². The number of nitrogens with zero attached hydrogens (tertiary/aromatic N) is 4. The van der Waals surface area contributed by atoms with Gasteiger partial charge in [0, 0.05) is 5.92 Å². The van der Waals surface area contributed by atoms with E-state index in [1.807, 2.05) is 6.07 Å². The number of hydrogen-bond acceptors (Lipinski definition) is 4. The Hall–Kier alpha value is -1.70. The van der Waals surface area contributed by atoms with Gasteiger partial charge in [0.1, 0.15) is 18.9 Å². The van der Waals surface area contributed by atoms with E-state index in [0.29, 0.717) is 0 Å². The second-order valence-electron chi connectivity index (χ2n) is 3.12. The van der Waals surface area contributed by atoms with Gasteiger partial charge in [-0.25, -0.2) is 9.67 Å². The predicted molar refractivity (Wildman–Crippen MR) is 42.5 cm³/mol. The van der Waals surface area contributed by atoms with Gasteiger partial charge in [0.2, 0.25) is 0 Å². The maximum Gasteiger partial charge on any atom is 0.252 e. The van der Waals surface area contributed by atoms with Crippen molar-refractivity contribution in [2.75, 3.05) is 0 Å². The molecule has 13 heavy (non-hydrogen) atoms. The number of carbonyl (C=O) groups is 1. The highest BCUT2D eigenvalue weighted by Gasteiger charge is 2.29. The average Bonchev–Trinajstić information content (AvgIpc) is 2.88. The Balaban J connectivity index is 2.01. The summed E-state index contributed by atoms with van der Waals surface area (Å²) in [6.07, 6.45) is 3.41. The summed E-state index contributed by atoms with van der Waals surface area (Å²) in [6.45, 7) is 0.249. The van der Waals surface area contributed by atoms with Gasteiger partial charge in [-0.3, -0.25) is 4.79 Å². The van der Waals surface area contributed by atoms with Crippen LogP contribution in [0.15, 0.2) is 6.33 Å². The van der Waals surface area contributed by atoms with Gasteiger partial charge in [-0.1, -0.05) is 0 Å². The maximum absolute atomic E-state index is 11.3. The van der Waals surface area contributed by atoms with Gasteiger partial charge >= 0.3 is 0 Å². The van der Waals surface area contributed by atoms with Gasteiger partial charge in [0.15, 0.2) is 5.78 Å². The zero-order chi connectivity index (χ0) is 9.26. The van der Waals surface area contributed by atoms with E-state index in [0.717, 1.165) is 12.8 Å². The van der Waals surface area contributed by atoms with Crippen LogP contribution in [0.2, 0.25) is 0 Å². The lowest BCUT2D eigenvalue weighted by atomic mass is 10.3. The van der Waals surface area contributed by atoms with Crippen molar-refractivity contribution in [1.29, 1.82) is 5.26 Å². The SMILES string of the molecule is N#Cc1ncn(CC(=O)C2CC2)n1. The van der Waals surface area contributed by atoms with Crippen LogP contribution in [0, 0.1) is 17.2 Å². The average molecular weight is 176 g/mol. The fourth-order valence-corrected chi connectivity index (χ4v) is 1.12. The molecule has 1 aliphatic carbocycles. The first-order valence-corrected chi connectivity index (χ1v) is 4.12. The Kier molecular flexibility index (Phi) is 1.81. The standard InChI is InChI=1S/C8H8N4O/c9-3-8-10-5-12(11-8)4-7(13)6-1-2-6/h5-6H,1-2,4H2. The first kappa shape index (κ1) is 7.92. The molecule has 66 valence electrons. The summed E-state index contributed by atoms with van der Waals surface area (Å²) < 4.78 is 1.42. The molecule has 0 aliphatic heterocycles. The van der Waals surface area contributed by atoms with Crippen LogP contribution >= 0.6 is 0 Å². The smallest absolute Gasteiger partial charge is 0.252 e. The van der Waals surface area contributed by atoms with Gasteiger partial charge in [-0.15, -0.1) is 5.10 Å². The molecule has 0 amide bonds. The molecule has 1 fully saturated rings. The molecule has 0 radical (unpaired) electrons. The molecule has 1 aliphatic rings. The molecule has 1 aromatic heterocycles. The third-order valence-electron chi connectivity index (χ3n) is 1.99. The minimum atomic E-state index is 0.114. The Morgan fingerprint density at radius 2 is 2.54 bits per heavy atom. The molecule has 1 saturated carbocycles. The minimum Gasteiger partial charge on any atom is -0.297 e. The number of Topliss-reactive ketones (excluding diaryl/α,β-unsaturated/α-hetero) is 1. The lowest BCUT2D eigenvalue weighted by molar-refractivity contribution is -0.121. The van der Waals surface area contributed by atoms with E-state index >= 15 is 0 Å². The molecular formula is C8H8N4O. The van der Waals surface area contributed by atoms with Crippen LogP contribution in [0.25, 0.3) is 0 Å². The highest BCUT2D eigenvalue weighted by molar-refractivity contribution is 5.82. The zero-order valence-corrected chi connectivity index (χ0v) is 6.97. The molecule has 0 spiro atoms. The summed E-state index contributed by atoms with van der Waals surface area (Å²) in [7, 11) is 0. The summed E-state index contributed by atoms with van der Waals surface area (Å²) in [5, 5.41) is 12.2. The topological polar surface area (TPSA) is 71.6 Å². The first-order chi connectivity index (χ1) is 6.29. The lowest BCUT2D eigenvalue weighted by Crippen LogP contribution is -2.12. The van der Waals surface area contributed by atoms with Crippen LogP contribution in [-0.2, 0) is 11.3 Å². The highest BCUT2D eigenvalue weighted by atomic mass is 16.1. The molecule has 1 aromatic rings. The molecule has 5 nitrogen and oxygen atoms in total.